The van der Waals surface area contributed by atoms with Crippen LogP contribution in [0.1, 0.15) is 28.9 Å². The van der Waals surface area contributed by atoms with Crippen molar-refractivity contribution in [3.8, 4) is 0 Å². The minimum Gasteiger partial charge on any atom is -0.336 e. The summed E-state index contributed by atoms with van der Waals surface area (Å²) in [5.41, 5.74) is 7.71. The summed E-state index contributed by atoms with van der Waals surface area (Å²) >= 11 is 0. The molecule has 0 aliphatic carbocycles. The van der Waals surface area contributed by atoms with E-state index in [1.165, 1.54) is 11.1 Å². The number of nitrogens with zero attached hydrogens (tertiary/aromatic N) is 4. The lowest BCUT2D eigenvalue weighted by Crippen LogP contribution is -2.42. The first-order valence-electron chi connectivity index (χ1n) is 16.6. The predicted molar refractivity (Wildman–Crippen MR) is 196 cm³/mol. The first-order valence-corrected chi connectivity index (χ1v) is 16.6. The number of piperidine rings is 1. The molecule has 1 saturated heterocycles. The van der Waals surface area contributed by atoms with Gasteiger partial charge in [0.1, 0.15) is 0 Å². The van der Waals surface area contributed by atoms with Crippen molar-refractivity contribution in [3.05, 3.63) is 155 Å². The Kier molecular flexibility index (Phi) is 8.91. The summed E-state index contributed by atoms with van der Waals surface area (Å²) < 4.78 is 4.53. The molecule has 3 heterocycles. The SMILES string of the molecule is CN(C)CCC(=O)N1C/C(=C\c2cc3ccccc3n2Cc2ccccc2)C(=O)/C(=C/c2cc3ccccc3n2Cc2ccccc2)C1. The zero-order valence-corrected chi connectivity index (χ0v) is 27.5. The molecular weight excluding hydrogens is 592 g/mol. The molecule has 4 aromatic carbocycles. The van der Waals surface area contributed by atoms with E-state index in [1.807, 2.05) is 72.4 Å². The maximum absolute atomic E-state index is 14.4. The van der Waals surface area contributed by atoms with Gasteiger partial charge in [-0.3, -0.25) is 9.59 Å². The van der Waals surface area contributed by atoms with Crippen molar-refractivity contribution >= 4 is 45.6 Å². The van der Waals surface area contributed by atoms with Gasteiger partial charge in [0, 0.05) is 83.5 Å². The van der Waals surface area contributed by atoms with E-state index in [0.717, 1.165) is 33.2 Å². The molecule has 240 valence electrons. The fourth-order valence-corrected chi connectivity index (χ4v) is 6.64. The first-order chi connectivity index (χ1) is 23.4. The molecule has 2 aromatic heterocycles. The fraction of sp³-hybridized carbons (Fsp3) is 0.190. The number of rotatable bonds is 9. The number of carbonyl (C=O) groups is 2. The molecule has 0 unspecified atom stereocenters. The highest BCUT2D eigenvalue weighted by molar-refractivity contribution is 6.15. The van der Waals surface area contributed by atoms with E-state index in [-0.39, 0.29) is 24.8 Å². The lowest BCUT2D eigenvalue weighted by Gasteiger charge is -2.30. The highest BCUT2D eigenvalue weighted by Gasteiger charge is 2.30. The van der Waals surface area contributed by atoms with E-state index < -0.39 is 0 Å². The Morgan fingerprint density at radius 2 is 1.08 bits per heavy atom. The van der Waals surface area contributed by atoms with Gasteiger partial charge in [-0.1, -0.05) is 97.1 Å². The van der Waals surface area contributed by atoms with Gasteiger partial charge in [0.25, 0.3) is 0 Å². The summed E-state index contributed by atoms with van der Waals surface area (Å²) in [5, 5.41) is 2.23. The van der Waals surface area contributed by atoms with Gasteiger partial charge in [0.05, 0.1) is 0 Å². The number of Topliss-reactive ketones (excluding diaryl/α,β-unsaturated/α-hetero) is 1. The zero-order valence-electron chi connectivity index (χ0n) is 27.5. The van der Waals surface area contributed by atoms with E-state index in [9.17, 15) is 9.59 Å². The minimum atomic E-state index is -0.0142. The van der Waals surface area contributed by atoms with Crippen LogP contribution in [-0.4, -0.2) is 64.4 Å². The standard InChI is InChI=1S/C42H40N4O2/c1-43(2)22-21-41(47)44-29-35(25-37-23-33-17-9-11-19-39(33)45(37)27-31-13-5-3-6-14-31)42(48)36(30-44)26-38-24-34-18-10-12-20-40(34)46(38)28-32-15-7-4-8-16-32/h3-20,23-26H,21-22,27-30H2,1-2H3/b35-25+,36-26+. The van der Waals surface area contributed by atoms with Crippen molar-refractivity contribution in [1.29, 1.82) is 0 Å². The van der Waals surface area contributed by atoms with Crippen molar-refractivity contribution in [2.75, 3.05) is 33.7 Å². The van der Waals surface area contributed by atoms with E-state index in [0.29, 0.717) is 37.2 Å². The molecule has 6 aromatic rings. The number of amides is 1. The van der Waals surface area contributed by atoms with Crippen LogP contribution >= 0.6 is 0 Å². The van der Waals surface area contributed by atoms with Gasteiger partial charge in [0.15, 0.2) is 5.78 Å². The van der Waals surface area contributed by atoms with Gasteiger partial charge < -0.3 is 18.9 Å². The van der Waals surface area contributed by atoms with E-state index in [1.54, 1.807) is 0 Å². The average Bonchev–Trinajstić information content (AvgIpc) is 3.63. The van der Waals surface area contributed by atoms with Gasteiger partial charge in [0.2, 0.25) is 5.91 Å². The molecule has 48 heavy (non-hydrogen) atoms. The summed E-state index contributed by atoms with van der Waals surface area (Å²) in [6.45, 7) is 2.56. The van der Waals surface area contributed by atoms with Crippen molar-refractivity contribution in [1.82, 2.24) is 18.9 Å². The van der Waals surface area contributed by atoms with Crippen LogP contribution in [0.3, 0.4) is 0 Å². The topological polar surface area (TPSA) is 50.5 Å². The maximum Gasteiger partial charge on any atom is 0.224 e. The van der Waals surface area contributed by atoms with Crippen molar-refractivity contribution in [3.63, 3.8) is 0 Å². The smallest absolute Gasteiger partial charge is 0.224 e. The second kappa shape index (κ2) is 13.7. The van der Waals surface area contributed by atoms with E-state index in [2.05, 4.69) is 94.1 Å². The third-order valence-electron chi connectivity index (χ3n) is 9.13. The number of para-hydroxylation sites is 2. The second-order valence-electron chi connectivity index (χ2n) is 12.9. The van der Waals surface area contributed by atoms with Gasteiger partial charge in [-0.2, -0.15) is 0 Å². The predicted octanol–water partition coefficient (Wildman–Crippen LogP) is 7.52. The maximum atomic E-state index is 14.4. The molecule has 1 fully saturated rings. The van der Waals surface area contributed by atoms with Crippen molar-refractivity contribution in [2.45, 2.75) is 19.5 Å². The quantitative estimate of drug-likeness (QED) is 0.155. The molecule has 0 atom stereocenters. The number of hydrogen-bond acceptors (Lipinski definition) is 3. The van der Waals surface area contributed by atoms with Crippen LogP contribution in [0.2, 0.25) is 0 Å². The molecule has 0 saturated carbocycles. The first kappa shape index (κ1) is 31.2. The monoisotopic (exact) mass is 632 g/mol. The van der Waals surface area contributed by atoms with Crippen molar-refractivity contribution < 1.29 is 9.59 Å². The number of benzene rings is 4. The summed E-state index contributed by atoms with van der Waals surface area (Å²) in [7, 11) is 3.95. The summed E-state index contributed by atoms with van der Waals surface area (Å²) in [6, 6.07) is 41.7. The average molecular weight is 633 g/mol. The lowest BCUT2D eigenvalue weighted by atomic mass is 9.95. The second-order valence-corrected chi connectivity index (χ2v) is 12.9. The van der Waals surface area contributed by atoms with Crippen molar-refractivity contribution in [2.24, 2.45) is 0 Å². The highest BCUT2D eigenvalue weighted by Crippen LogP contribution is 2.29. The summed E-state index contributed by atoms with van der Waals surface area (Å²) in [5.74, 6) is 0.0300. The van der Waals surface area contributed by atoms with Gasteiger partial charge in [-0.05, 0) is 61.6 Å². The van der Waals surface area contributed by atoms with Gasteiger partial charge >= 0.3 is 0 Å². The molecular formula is C42H40N4O2. The Balaban J connectivity index is 1.32. The molecule has 1 amide bonds. The Hall–Kier alpha value is -5.46. The molecule has 6 heteroatoms. The molecule has 0 N–H and O–H groups in total. The Bertz CT molecular complexity index is 2010. The molecule has 6 nitrogen and oxygen atoms in total. The molecule has 0 spiro atoms. The molecule has 1 aliphatic heterocycles. The number of hydrogen-bond donors (Lipinski definition) is 0. The zero-order chi connectivity index (χ0) is 33.0. The van der Waals surface area contributed by atoms with Crippen LogP contribution in [0.15, 0.2) is 132 Å². The normalized spacial score (nSPS) is 15.4. The molecule has 1 aliphatic rings. The Morgan fingerprint density at radius 3 is 1.54 bits per heavy atom. The number of carbonyl (C=O) groups excluding carboxylic acids is 2. The van der Waals surface area contributed by atoms with Crippen LogP contribution in [0.4, 0.5) is 0 Å². The number of likely N-dealkylation sites (tertiary alicyclic amines) is 1. The number of ketones is 1. The molecule has 7 rings (SSSR count). The van der Waals surface area contributed by atoms with Gasteiger partial charge in [-0.25, -0.2) is 0 Å². The number of fused-ring (bicyclic) bond motifs is 2. The lowest BCUT2D eigenvalue weighted by molar-refractivity contribution is -0.131. The fourth-order valence-electron chi connectivity index (χ4n) is 6.64. The van der Waals surface area contributed by atoms with Crippen LogP contribution in [0, 0.1) is 0 Å². The number of aromatic nitrogens is 2. The van der Waals surface area contributed by atoms with Crippen LogP contribution in [0.25, 0.3) is 34.0 Å². The van der Waals surface area contributed by atoms with E-state index >= 15 is 0 Å². The molecule has 0 radical (unpaired) electrons. The van der Waals surface area contributed by atoms with E-state index in [4.69, 9.17) is 0 Å². The minimum absolute atomic E-state index is 0.0142. The Labute approximate surface area is 281 Å². The van der Waals surface area contributed by atoms with Crippen LogP contribution in [-0.2, 0) is 22.7 Å². The van der Waals surface area contributed by atoms with Crippen LogP contribution < -0.4 is 0 Å². The third-order valence-corrected chi connectivity index (χ3v) is 9.13. The Morgan fingerprint density at radius 1 is 0.646 bits per heavy atom. The van der Waals surface area contributed by atoms with Gasteiger partial charge in [-0.15, -0.1) is 0 Å². The summed E-state index contributed by atoms with van der Waals surface area (Å²) in [6.07, 6.45) is 4.40. The van der Waals surface area contributed by atoms with Crippen LogP contribution in [0.5, 0.6) is 0 Å². The highest BCUT2D eigenvalue weighted by atomic mass is 16.2. The molecule has 0 bridgehead atoms. The third kappa shape index (κ3) is 6.66. The summed E-state index contributed by atoms with van der Waals surface area (Å²) in [4.78, 5) is 31.9. The largest absolute Gasteiger partial charge is 0.336 e.